The molecule has 14 heavy (non-hydrogen) atoms. The zero-order valence-electron chi connectivity index (χ0n) is 9.26. The summed E-state index contributed by atoms with van der Waals surface area (Å²) in [6, 6.07) is 2.06. The van der Waals surface area contributed by atoms with Crippen LogP contribution in [-0.4, -0.2) is 18.4 Å². The second-order valence-electron chi connectivity index (χ2n) is 5.38. The van der Waals surface area contributed by atoms with E-state index >= 15 is 0 Å². The van der Waals surface area contributed by atoms with Crippen molar-refractivity contribution < 1.29 is 9.26 Å². The van der Waals surface area contributed by atoms with E-state index in [0.717, 1.165) is 24.7 Å². The van der Waals surface area contributed by atoms with Crippen molar-refractivity contribution in [3.63, 3.8) is 0 Å². The van der Waals surface area contributed by atoms with Gasteiger partial charge in [-0.3, -0.25) is 0 Å². The zero-order valence-corrected chi connectivity index (χ0v) is 9.26. The van der Waals surface area contributed by atoms with Crippen LogP contribution in [0.2, 0.25) is 0 Å². The smallest absolute Gasteiger partial charge is 0.142 e. The number of nitrogens with zero attached hydrogens (tertiary/aromatic N) is 1. The Balaban J connectivity index is 2.26. The first-order valence-electron chi connectivity index (χ1n) is 4.97. The van der Waals surface area contributed by atoms with Gasteiger partial charge >= 0.3 is 0 Å². The first-order valence-corrected chi connectivity index (χ1v) is 4.97. The Labute approximate surface area is 84.4 Å². The van der Waals surface area contributed by atoms with Crippen LogP contribution in [0.15, 0.2) is 10.6 Å². The van der Waals surface area contributed by atoms with Crippen LogP contribution in [0.4, 0.5) is 0 Å². The van der Waals surface area contributed by atoms with Crippen molar-refractivity contribution >= 4 is 0 Å². The van der Waals surface area contributed by atoms with E-state index in [1.165, 1.54) is 0 Å². The Morgan fingerprint density at radius 3 is 2.36 bits per heavy atom. The standard InChI is InChI=1S/C11H17NO2/c1-10(2,3)9-5-8(12-14-9)11(4)6-13-7-11/h5H,6-7H2,1-4H3. The summed E-state index contributed by atoms with van der Waals surface area (Å²) in [5, 5.41) is 4.12. The Kier molecular flexibility index (Phi) is 1.96. The molecule has 0 N–H and O–H groups in total. The second-order valence-corrected chi connectivity index (χ2v) is 5.38. The van der Waals surface area contributed by atoms with E-state index in [0.29, 0.717) is 0 Å². The molecule has 0 unspecified atom stereocenters. The summed E-state index contributed by atoms with van der Waals surface area (Å²) in [6.07, 6.45) is 0. The first kappa shape index (κ1) is 9.71. The molecular weight excluding hydrogens is 178 g/mol. The maximum atomic E-state index is 5.35. The van der Waals surface area contributed by atoms with Crippen molar-refractivity contribution in [3.05, 3.63) is 17.5 Å². The van der Waals surface area contributed by atoms with Gasteiger partial charge in [0.25, 0.3) is 0 Å². The maximum absolute atomic E-state index is 5.35. The van der Waals surface area contributed by atoms with E-state index < -0.39 is 0 Å². The molecule has 0 spiro atoms. The van der Waals surface area contributed by atoms with Gasteiger partial charge in [-0.05, 0) is 6.92 Å². The molecule has 1 aromatic rings. The maximum Gasteiger partial charge on any atom is 0.142 e. The van der Waals surface area contributed by atoms with Crippen LogP contribution in [0.5, 0.6) is 0 Å². The van der Waals surface area contributed by atoms with Crippen LogP contribution >= 0.6 is 0 Å². The van der Waals surface area contributed by atoms with Crippen LogP contribution in [0.25, 0.3) is 0 Å². The number of hydrogen-bond donors (Lipinski definition) is 0. The second kappa shape index (κ2) is 2.83. The van der Waals surface area contributed by atoms with Crippen LogP contribution in [-0.2, 0) is 15.6 Å². The number of ether oxygens (including phenoxy) is 1. The molecule has 0 amide bonds. The minimum atomic E-state index is 0.0339. The number of aromatic nitrogens is 1. The van der Waals surface area contributed by atoms with Gasteiger partial charge in [-0.25, -0.2) is 0 Å². The van der Waals surface area contributed by atoms with Gasteiger partial charge in [-0.15, -0.1) is 0 Å². The first-order chi connectivity index (χ1) is 6.42. The molecule has 3 heteroatoms. The zero-order chi connectivity index (χ0) is 10.4. The minimum absolute atomic E-state index is 0.0339. The highest BCUT2D eigenvalue weighted by atomic mass is 16.5. The predicted octanol–water partition coefficient (Wildman–Crippen LogP) is 2.26. The Hall–Kier alpha value is -0.830. The highest BCUT2D eigenvalue weighted by Crippen LogP contribution is 2.33. The summed E-state index contributed by atoms with van der Waals surface area (Å²) < 4.78 is 10.6. The molecule has 0 radical (unpaired) electrons. The molecule has 0 aliphatic carbocycles. The summed E-state index contributed by atoms with van der Waals surface area (Å²) in [5.41, 5.74) is 1.13. The molecule has 78 valence electrons. The summed E-state index contributed by atoms with van der Waals surface area (Å²) in [7, 11) is 0. The molecule has 1 fully saturated rings. The third-order valence-corrected chi connectivity index (χ3v) is 2.71. The summed E-state index contributed by atoms with van der Waals surface area (Å²) in [5.74, 6) is 0.945. The molecule has 0 aromatic carbocycles. The lowest BCUT2D eigenvalue weighted by Gasteiger charge is -2.35. The molecule has 1 saturated heterocycles. The van der Waals surface area contributed by atoms with Gasteiger partial charge in [0.2, 0.25) is 0 Å². The molecule has 2 rings (SSSR count). The topological polar surface area (TPSA) is 35.3 Å². The molecule has 3 nitrogen and oxygen atoms in total. The molecule has 1 aliphatic heterocycles. The van der Waals surface area contributed by atoms with Crippen molar-refractivity contribution in [2.75, 3.05) is 13.2 Å². The molecule has 2 heterocycles. The Morgan fingerprint density at radius 1 is 1.36 bits per heavy atom. The summed E-state index contributed by atoms with van der Waals surface area (Å²) in [4.78, 5) is 0. The van der Waals surface area contributed by atoms with E-state index in [-0.39, 0.29) is 10.8 Å². The van der Waals surface area contributed by atoms with Gasteiger partial charge < -0.3 is 9.26 Å². The summed E-state index contributed by atoms with van der Waals surface area (Å²) >= 11 is 0. The normalized spacial score (nSPS) is 20.6. The quantitative estimate of drug-likeness (QED) is 0.689. The van der Waals surface area contributed by atoms with E-state index in [9.17, 15) is 0 Å². The average molecular weight is 195 g/mol. The SMILES string of the molecule is CC(C)(C)c1cc(C2(C)COC2)no1. The lowest BCUT2D eigenvalue weighted by atomic mass is 9.83. The predicted molar refractivity (Wildman–Crippen MR) is 53.4 cm³/mol. The third kappa shape index (κ3) is 1.46. The third-order valence-electron chi connectivity index (χ3n) is 2.71. The van der Waals surface area contributed by atoms with Crippen LogP contribution in [0.1, 0.15) is 39.1 Å². The van der Waals surface area contributed by atoms with E-state index in [1.807, 2.05) is 0 Å². The monoisotopic (exact) mass is 195 g/mol. The molecule has 1 aromatic heterocycles. The van der Waals surface area contributed by atoms with Gasteiger partial charge in [-0.2, -0.15) is 0 Å². The fourth-order valence-electron chi connectivity index (χ4n) is 1.47. The van der Waals surface area contributed by atoms with Gasteiger partial charge in [0.15, 0.2) is 0 Å². The van der Waals surface area contributed by atoms with Gasteiger partial charge in [0, 0.05) is 11.5 Å². The molecular formula is C11H17NO2. The minimum Gasteiger partial charge on any atom is -0.379 e. The average Bonchev–Trinajstić information content (AvgIpc) is 2.46. The van der Waals surface area contributed by atoms with Crippen LogP contribution in [0, 0.1) is 0 Å². The Morgan fingerprint density at radius 2 is 2.00 bits per heavy atom. The Bertz CT molecular complexity index is 331. The lowest BCUT2D eigenvalue weighted by Crippen LogP contribution is -2.44. The van der Waals surface area contributed by atoms with Gasteiger partial charge in [-0.1, -0.05) is 25.9 Å². The lowest BCUT2D eigenvalue weighted by molar-refractivity contribution is -0.0532. The van der Waals surface area contributed by atoms with Crippen molar-refractivity contribution in [1.82, 2.24) is 5.16 Å². The van der Waals surface area contributed by atoms with Crippen molar-refractivity contribution in [2.45, 2.75) is 38.5 Å². The van der Waals surface area contributed by atoms with E-state index in [2.05, 4.69) is 38.9 Å². The number of hydrogen-bond acceptors (Lipinski definition) is 3. The van der Waals surface area contributed by atoms with Crippen molar-refractivity contribution in [1.29, 1.82) is 0 Å². The molecule has 1 aliphatic rings. The fourth-order valence-corrected chi connectivity index (χ4v) is 1.47. The van der Waals surface area contributed by atoms with Crippen molar-refractivity contribution in [2.24, 2.45) is 0 Å². The largest absolute Gasteiger partial charge is 0.379 e. The van der Waals surface area contributed by atoms with Crippen molar-refractivity contribution in [3.8, 4) is 0 Å². The molecule has 0 atom stereocenters. The van der Waals surface area contributed by atoms with E-state index in [1.54, 1.807) is 0 Å². The molecule has 0 saturated carbocycles. The van der Waals surface area contributed by atoms with E-state index in [4.69, 9.17) is 9.26 Å². The highest BCUT2D eigenvalue weighted by molar-refractivity contribution is 5.22. The number of rotatable bonds is 1. The van der Waals surface area contributed by atoms with Crippen LogP contribution in [0.3, 0.4) is 0 Å². The molecule has 0 bridgehead atoms. The summed E-state index contributed by atoms with van der Waals surface area (Å²) in [6.45, 7) is 10.0. The van der Waals surface area contributed by atoms with Gasteiger partial charge in [0.1, 0.15) is 5.76 Å². The van der Waals surface area contributed by atoms with Crippen LogP contribution < -0.4 is 0 Å². The fraction of sp³-hybridized carbons (Fsp3) is 0.727. The van der Waals surface area contributed by atoms with Gasteiger partial charge in [0.05, 0.1) is 24.3 Å². The highest BCUT2D eigenvalue weighted by Gasteiger charge is 2.39.